The van der Waals surface area contributed by atoms with Gasteiger partial charge in [0.05, 0.1) is 64.0 Å². The van der Waals surface area contributed by atoms with Crippen molar-refractivity contribution in [1.29, 1.82) is 0 Å². The third-order valence-electron chi connectivity index (χ3n) is 12.1. The first-order chi connectivity index (χ1) is 35.7. The highest BCUT2D eigenvalue weighted by atomic mass is 16.5. The molecule has 2 aromatic heterocycles. The summed E-state index contributed by atoms with van der Waals surface area (Å²) < 4.78 is 31.1. The van der Waals surface area contributed by atoms with Crippen LogP contribution in [0.4, 0.5) is 17.2 Å². The minimum atomic E-state index is -0.631. The molecule has 4 N–H and O–H groups in total. The summed E-state index contributed by atoms with van der Waals surface area (Å²) in [5.41, 5.74) is 3.25. The molecule has 7 amide bonds. The molecule has 74 heavy (non-hydrogen) atoms. The van der Waals surface area contributed by atoms with Crippen LogP contribution < -0.4 is 30.7 Å². The van der Waals surface area contributed by atoms with E-state index in [1.807, 2.05) is 4.90 Å². The van der Waals surface area contributed by atoms with E-state index in [1.165, 1.54) is 23.8 Å². The van der Waals surface area contributed by atoms with Crippen LogP contribution in [-0.4, -0.2) is 156 Å². The molecule has 5 heterocycles. The number of carbonyl (C=O) groups excluding carboxylic acids is 8. The molecule has 0 saturated carbocycles. The highest BCUT2D eigenvalue weighted by Gasteiger charge is 2.33. The van der Waals surface area contributed by atoms with E-state index in [-0.39, 0.29) is 113 Å². The van der Waals surface area contributed by atoms with E-state index in [0.29, 0.717) is 47.1 Å². The Kier molecular flexibility index (Phi) is 18.5. The summed E-state index contributed by atoms with van der Waals surface area (Å²) in [5, 5.41) is 10.9. The number of aromatic nitrogens is 3. The highest BCUT2D eigenvalue weighted by Crippen LogP contribution is 2.38. The number of hydrogen-bond acceptors (Lipinski definition) is 15. The van der Waals surface area contributed by atoms with Crippen molar-refractivity contribution >= 4 is 70.7 Å². The Morgan fingerprint density at radius 1 is 0.784 bits per heavy atom. The lowest BCUT2D eigenvalue weighted by atomic mass is 10.1. The Hall–Kier alpha value is -8.18. The zero-order valence-corrected chi connectivity index (χ0v) is 41.7. The number of imidazole rings is 1. The number of aliphatic imine (C=N–C) groups is 1. The average Bonchev–Trinajstić information content (AvgIpc) is 4.17. The molecular weight excluding hydrogens is 961 g/mol. The standard InChI is InChI=1S/C51H60N10O13/c1-32(28-54-44(63)16-21-71-23-24-72-22-17-52-43(62)15-19-61-46(65)13-14-47(61)66)74-51(69)39-25-34(30-58(39)2)33-9-11-35(12-10-33)55-49(67)48-57-42(31-59(48)3)56-45(64)8-6-20-73-41-27-38-37(26-40(41)70-4)50(68)60-18-5-7-36(60)29-53-38/h9-14,25-27,29-32,36H,5-8,15-24,28H2,1-4H3,(H,52,62)(H,54,63)(H,55,67)(H,56,64)/t32?,36-/m0/s1. The summed E-state index contributed by atoms with van der Waals surface area (Å²) in [4.78, 5) is 111. The Labute approximate surface area is 426 Å². The van der Waals surface area contributed by atoms with Crippen molar-refractivity contribution in [1.82, 2.24) is 34.6 Å². The quantitative estimate of drug-likeness (QED) is 0.0399. The summed E-state index contributed by atoms with van der Waals surface area (Å²) in [7, 11) is 4.86. The second-order valence-electron chi connectivity index (χ2n) is 17.6. The van der Waals surface area contributed by atoms with Crippen LogP contribution in [0.5, 0.6) is 11.5 Å². The van der Waals surface area contributed by atoms with Crippen molar-refractivity contribution in [2.45, 2.75) is 57.6 Å². The van der Waals surface area contributed by atoms with Gasteiger partial charge in [0.2, 0.25) is 23.5 Å². The number of rotatable bonds is 26. The van der Waals surface area contributed by atoms with Gasteiger partial charge in [0, 0.05) is 101 Å². The maximum absolute atomic E-state index is 13.3. The minimum absolute atomic E-state index is 0.00683. The molecule has 1 unspecified atom stereocenters. The van der Waals surface area contributed by atoms with Gasteiger partial charge in [-0.15, -0.1) is 0 Å². The number of ether oxygens (including phenoxy) is 5. The van der Waals surface area contributed by atoms with Crippen LogP contribution in [0.2, 0.25) is 0 Å². The normalized spacial score (nSPS) is 15.1. The van der Waals surface area contributed by atoms with E-state index in [0.717, 1.165) is 28.9 Å². The summed E-state index contributed by atoms with van der Waals surface area (Å²) >= 11 is 0. The zero-order chi connectivity index (χ0) is 52.7. The molecule has 0 spiro atoms. The van der Waals surface area contributed by atoms with Crippen molar-refractivity contribution in [3.8, 4) is 22.6 Å². The first kappa shape index (κ1) is 53.6. The number of hydrogen-bond donors (Lipinski definition) is 4. The largest absolute Gasteiger partial charge is 0.493 e. The van der Waals surface area contributed by atoms with Gasteiger partial charge in [-0.2, -0.15) is 0 Å². The van der Waals surface area contributed by atoms with Crippen molar-refractivity contribution < 1.29 is 62.0 Å². The summed E-state index contributed by atoms with van der Waals surface area (Å²) in [6, 6.07) is 12.0. The molecule has 2 aromatic carbocycles. The lowest BCUT2D eigenvalue weighted by Crippen LogP contribution is -2.35. The van der Waals surface area contributed by atoms with Crippen molar-refractivity contribution in [2.75, 3.05) is 77.0 Å². The lowest BCUT2D eigenvalue weighted by molar-refractivity contribution is -0.137. The number of benzene rings is 2. The van der Waals surface area contributed by atoms with E-state index in [2.05, 4.69) is 31.2 Å². The number of imide groups is 1. The Morgan fingerprint density at radius 3 is 2.28 bits per heavy atom. The van der Waals surface area contributed by atoms with E-state index < -0.39 is 29.8 Å². The van der Waals surface area contributed by atoms with Crippen LogP contribution in [0.25, 0.3) is 11.1 Å². The van der Waals surface area contributed by atoms with Gasteiger partial charge in [-0.05, 0) is 56.0 Å². The molecule has 0 radical (unpaired) electrons. The predicted octanol–water partition coefficient (Wildman–Crippen LogP) is 3.32. The maximum atomic E-state index is 13.3. The number of methoxy groups -OCH3 is 1. The average molecular weight is 1020 g/mol. The number of nitrogens with one attached hydrogen (secondary N) is 4. The summed E-state index contributed by atoms with van der Waals surface area (Å²) in [6.07, 6.45) is 9.18. The van der Waals surface area contributed by atoms with Gasteiger partial charge in [-0.3, -0.25) is 43.5 Å². The first-order valence-electron chi connectivity index (χ1n) is 24.2. The lowest BCUT2D eigenvalue weighted by Gasteiger charge is -2.20. The van der Waals surface area contributed by atoms with Crippen molar-refractivity contribution in [2.24, 2.45) is 19.1 Å². The van der Waals surface area contributed by atoms with Gasteiger partial charge in [-0.1, -0.05) is 12.1 Å². The Balaban J connectivity index is 0.762. The van der Waals surface area contributed by atoms with E-state index in [1.54, 1.807) is 86.7 Å². The monoisotopic (exact) mass is 1020 g/mol. The second kappa shape index (κ2) is 25.5. The third-order valence-corrected chi connectivity index (χ3v) is 12.1. The Bertz CT molecular complexity index is 2780. The van der Waals surface area contributed by atoms with Crippen LogP contribution >= 0.6 is 0 Å². The van der Waals surface area contributed by atoms with Gasteiger partial charge < -0.3 is 59.0 Å². The molecule has 7 rings (SSSR count). The number of nitrogens with zero attached hydrogens (tertiary/aromatic N) is 6. The Morgan fingerprint density at radius 2 is 1.53 bits per heavy atom. The fraction of sp³-hybridized carbons (Fsp3) is 0.412. The first-order valence-corrected chi connectivity index (χ1v) is 24.2. The second-order valence-corrected chi connectivity index (χ2v) is 17.6. The predicted molar refractivity (Wildman–Crippen MR) is 268 cm³/mol. The van der Waals surface area contributed by atoms with Gasteiger partial charge in [0.15, 0.2) is 17.3 Å². The zero-order valence-electron chi connectivity index (χ0n) is 41.7. The molecular formula is C51H60N10O13. The fourth-order valence-electron chi connectivity index (χ4n) is 8.17. The van der Waals surface area contributed by atoms with Gasteiger partial charge in [-0.25, -0.2) is 9.78 Å². The number of aryl methyl sites for hydroxylation is 2. The molecule has 1 fully saturated rings. The molecule has 0 aliphatic carbocycles. The smallest absolute Gasteiger partial charge is 0.355 e. The van der Waals surface area contributed by atoms with Crippen molar-refractivity contribution in [3.63, 3.8) is 0 Å². The number of anilines is 2. The van der Waals surface area contributed by atoms with Crippen LogP contribution in [0.3, 0.4) is 0 Å². The molecule has 2 atom stereocenters. The van der Waals surface area contributed by atoms with E-state index >= 15 is 0 Å². The maximum Gasteiger partial charge on any atom is 0.355 e. The number of esters is 1. The van der Waals surface area contributed by atoms with Crippen LogP contribution in [0.1, 0.15) is 76.9 Å². The summed E-state index contributed by atoms with van der Waals surface area (Å²) in [5.74, 6) is -1.86. The van der Waals surface area contributed by atoms with Gasteiger partial charge in [0.25, 0.3) is 23.6 Å². The van der Waals surface area contributed by atoms with Crippen LogP contribution in [0, 0.1) is 0 Å². The van der Waals surface area contributed by atoms with E-state index in [4.69, 9.17) is 23.7 Å². The molecule has 3 aliphatic heterocycles. The number of carbonyl (C=O) groups is 8. The fourth-order valence-corrected chi connectivity index (χ4v) is 8.17. The SMILES string of the molecule is COc1cc2c(cc1OCCCC(=O)Nc1cn(C)c(C(=O)Nc3ccc(-c4cc(C(=O)OC(C)CNC(=O)CCOCCOCCNC(=O)CCN5C(=O)C=CC5=O)n(C)c4)cc3)n1)N=C[C@@H]1CCCN1C2=O. The summed E-state index contributed by atoms with van der Waals surface area (Å²) in [6.45, 7) is 3.74. The molecule has 0 bridgehead atoms. The molecule has 4 aromatic rings. The van der Waals surface area contributed by atoms with Crippen molar-refractivity contribution in [3.05, 3.63) is 84.1 Å². The minimum Gasteiger partial charge on any atom is -0.493 e. The molecule has 3 aliphatic rings. The van der Waals surface area contributed by atoms with E-state index in [9.17, 15) is 38.4 Å². The third kappa shape index (κ3) is 14.3. The van der Waals surface area contributed by atoms with Crippen LogP contribution in [-0.2, 0) is 52.3 Å². The number of fused-ring (bicyclic) bond motifs is 2. The van der Waals surface area contributed by atoms with Gasteiger partial charge >= 0.3 is 5.97 Å². The highest BCUT2D eigenvalue weighted by molar-refractivity contribution is 6.13. The number of amides is 7. The molecule has 1 saturated heterocycles. The van der Waals surface area contributed by atoms with Gasteiger partial charge in [0.1, 0.15) is 11.8 Å². The van der Waals surface area contributed by atoms with Crippen LogP contribution in [0.15, 0.2) is 72.0 Å². The molecule has 23 heteroatoms. The topological polar surface area (TPSA) is 272 Å². The molecule has 392 valence electrons. The molecule has 23 nitrogen and oxygen atoms in total.